The van der Waals surface area contributed by atoms with Gasteiger partial charge in [0.25, 0.3) is 0 Å². The van der Waals surface area contributed by atoms with Crippen LogP contribution in [0.4, 0.5) is 0 Å². The summed E-state index contributed by atoms with van der Waals surface area (Å²) in [5, 5.41) is 17.7. The fourth-order valence-electron chi connectivity index (χ4n) is 2.21. The molecule has 0 aliphatic carbocycles. The quantitative estimate of drug-likeness (QED) is 0.830. The van der Waals surface area contributed by atoms with Gasteiger partial charge in [0, 0.05) is 11.1 Å². The number of benzene rings is 2. The SMILES string of the molecule is C/C(C#Cc1ccc(-c2ccc(C#C/C(C)=C/CO)cc2)cc1)=C\CO. The van der Waals surface area contributed by atoms with E-state index in [-0.39, 0.29) is 13.2 Å². The zero-order chi connectivity index (χ0) is 18.8. The molecule has 0 heterocycles. The summed E-state index contributed by atoms with van der Waals surface area (Å²) in [4.78, 5) is 0. The van der Waals surface area contributed by atoms with Crippen LogP contribution in [0.15, 0.2) is 71.8 Å². The van der Waals surface area contributed by atoms with E-state index in [4.69, 9.17) is 10.2 Å². The smallest absolute Gasteiger partial charge is 0.0624 e. The molecule has 0 aromatic heterocycles. The van der Waals surface area contributed by atoms with E-state index in [1.54, 1.807) is 12.2 Å². The van der Waals surface area contributed by atoms with Gasteiger partial charge < -0.3 is 10.2 Å². The Balaban J connectivity index is 2.12. The van der Waals surface area contributed by atoms with E-state index in [0.29, 0.717) is 0 Å². The molecule has 0 aliphatic heterocycles. The van der Waals surface area contributed by atoms with Gasteiger partial charge in [-0.15, -0.1) is 0 Å². The molecule has 2 nitrogen and oxygen atoms in total. The van der Waals surface area contributed by atoms with E-state index in [9.17, 15) is 0 Å². The molecule has 2 aromatic carbocycles. The summed E-state index contributed by atoms with van der Waals surface area (Å²) in [6.07, 6.45) is 3.37. The van der Waals surface area contributed by atoms with Crippen molar-refractivity contribution in [3.8, 4) is 34.8 Å². The van der Waals surface area contributed by atoms with Crippen molar-refractivity contribution < 1.29 is 10.2 Å². The van der Waals surface area contributed by atoms with Gasteiger partial charge in [-0.2, -0.15) is 0 Å². The van der Waals surface area contributed by atoms with Crippen LogP contribution in [0, 0.1) is 23.7 Å². The van der Waals surface area contributed by atoms with Crippen LogP contribution in [0.1, 0.15) is 25.0 Å². The fraction of sp³-hybridized carbons (Fsp3) is 0.167. The van der Waals surface area contributed by atoms with Crippen molar-refractivity contribution in [1.82, 2.24) is 0 Å². The van der Waals surface area contributed by atoms with Gasteiger partial charge in [-0.1, -0.05) is 47.9 Å². The van der Waals surface area contributed by atoms with E-state index in [0.717, 1.165) is 33.4 Å². The van der Waals surface area contributed by atoms with Crippen LogP contribution in [0.5, 0.6) is 0 Å². The maximum Gasteiger partial charge on any atom is 0.0624 e. The van der Waals surface area contributed by atoms with Crippen molar-refractivity contribution in [3.63, 3.8) is 0 Å². The molecule has 26 heavy (non-hydrogen) atoms. The number of hydrogen-bond acceptors (Lipinski definition) is 2. The van der Waals surface area contributed by atoms with E-state index in [1.807, 2.05) is 62.4 Å². The highest BCUT2D eigenvalue weighted by atomic mass is 16.3. The van der Waals surface area contributed by atoms with Crippen molar-refractivity contribution in [2.45, 2.75) is 13.8 Å². The Morgan fingerprint density at radius 3 is 1.35 bits per heavy atom. The van der Waals surface area contributed by atoms with Crippen LogP contribution in [0.25, 0.3) is 11.1 Å². The molecule has 2 N–H and O–H groups in total. The van der Waals surface area contributed by atoms with Crippen molar-refractivity contribution in [2.75, 3.05) is 13.2 Å². The third-order valence-electron chi connectivity index (χ3n) is 3.71. The zero-order valence-electron chi connectivity index (χ0n) is 15.1. The van der Waals surface area contributed by atoms with Crippen LogP contribution in [0.3, 0.4) is 0 Å². The first-order valence-corrected chi connectivity index (χ1v) is 8.42. The predicted molar refractivity (Wildman–Crippen MR) is 107 cm³/mol. The highest BCUT2D eigenvalue weighted by molar-refractivity contribution is 5.65. The molecule has 2 aromatic rings. The van der Waals surface area contributed by atoms with Gasteiger partial charge in [-0.25, -0.2) is 0 Å². The Labute approximate surface area is 155 Å². The third-order valence-corrected chi connectivity index (χ3v) is 3.71. The number of hydrogen-bond donors (Lipinski definition) is 2. The number of allylic oxidation sites excluding steroid dienone is 2. The van der Waals surface area contributed by atoms with E-state index >= 15 is 0 Å². The van der Waals surface area contributed by atoms with Gasteiger partial charge in [-0.05, 0) is 72.5 Å². The molecule has 0 fully saturated rings. The Bertz CT molecular complexity index is 827. The second kappa shape index (κ2) is 10.1. The van der Waals surface area contributed by atoms with E-state index in [2.05, 4.69) is 23.7 Å². The van der Waals surface area contributed by atoms with Crippen molar-refractivity contribution in [3.05, 3.63) is 83.0 Å². The van der Waals surface area contributed by atoms with Gasteiger partial charge in [0.1, 0.15) is 0 Å². The average molecular weight is 342 g/mol. The first kappa shape index (κ1) is 19.3. The van der Waals surface area contributed by atoms with Crippen molar-refractivity contribution in [1.29, 1.82) is 0 Å². The highest BCUT2D eigenvalue weighted by Crippen LogP contribution is 2.20. The summed E-state index contributed by atoms with van der Waals surface area (Å²) in [5.74, 6) is 12.2. The van der Waals surface area contributed by atoms with E-state index < -0.39 is 0 Å². The van der Waals surface area contributed by atoms with Crippen LogP contribution in [-0.2, 0) is 0 Å². The number of rotatable bonds is 3. The maximum absolute atomic E-state index is 8.84. The summed E-state index contributed by atoms with van der Waals surface area (Å²) < 4.78 is 0. The number of aliphatic hydroxyl groups is 2. The molecular formula is C24H22O2. The van der Waals surface area contributed by atoms with E-state index in [1.165, 1.54) is 0 Å². The molecule has 0 saturated heterocycles. The molecule has 130 valence electrons. The lowest BCUT2D eigenvalue weighted by molar-refractivity contribution is 0.342. The zero-order valence-corrected chi connectivity index (χ0v) is 15.1. The Morgan fingerprint density at radius 1 is 0.692 bits per heavy atom. The first-order chi connectivity index (χ1) is 12.6. The predicted octanol–water partition coefficient (Wildman–Crippen LogP) is 3.93. The molecule has 2 heteroatoms. The monoisotopic (exact) mass is 342 g/mol. The molecule has 0 spiro atoms. The maximum atomic E-state index is 8.84. The molecule has 0 amide bonds. The van der Waals surface area contributed by atoms with Gasteiger partial charge in [0.2, 0.25) is 0 Å². The molecule has 0 saturated carbocycles. The Hall–Kier alpha value is -3.04. The normalized spacial score (nSPS) is 11.2. The second-order valence-corrected chi connectivity index (χ2v) is 5.79. The molecule has 0 unspecified atom stereocenters. The Morgan fingerprint density at radius 2 is 1.04 bits per heavy atom. The lowest BCUT2D eigenvalue weighted by Gasteiger charge is -2.02. The molecule has 0 aliphatic rings. The van der Waals surface area contributed by atoms with Crippen LogP contribution in [0.2, 0.25) is 0 Å². The van der Waals surface area contributed by atoms with Gasteiger partial charge in [0.05, 0.1) is 13.2 Å². The minimum Gasteiger partial charge on any atom is -0.392 e. The standard InChI is InChI=1S/C24H22O2/c1-19(15-17-25)3-5-21-7-11-23(12-8-21)24-13-9-22(10-14-24)6-4-20(2)16-18-26/h7-16,25-26H,17-18H2,1-2H3/b19-15+,20-16+. The van der Waals surface area contributed by atoms with Gasteiger partial charge in [-0.3, -0.25) is 0 Å². The number of aliphatic hydroxyl groups excluding tert-OH is 2. The van der Waals surface area contributed by atoms with Gasteiger partial charge >= 0.3 is 0 Å². The topological polar surface area (TPSA) is 40.5 Å². The molecule has 0 radical (unpaired) electrons. The minimum absolute atomic E-state index is 0.0110. The summed E-state index contributed by atoms with van der Waals surface area (Å²) in [5.41, 5.74) is 5.83. The second-order valence-electron chi connectivity index (χ2n) is 5.79. The lowest BCUT2D eigenvalue weighted by atomic mass is 10.0. The van der Waals surface area contributed by atoms with Crippen LogP contribution < -0.4 is 0 Å². The minimum atomic E-state index is 0.0110. The van der Waals surface area contributed by atoms with Crippen molar-refractivity contribution >= 4 is 0 Å². The Kier molecular flexibility index (Phi) is 7.47. The van der Waals surface area contributed by atoms with Crippen LogP contribution in [-0.4, -0.2) is 23.4 Å². The summed E-state index contributed by atoms with van der Waals surface area (Å²) >= 11 is 0. The first-order valence-electron chi connectivity index (χ1n) is 8.42. The molecule has 0 atom stereocenters. The lowest BCUT2D eigenvalue weighted by Crippen LogP contribution is -1.82. The molecular weight excluding hydrogens is 320 g/mol. The van der Waals surface area contributed by atoms with Crippen molar-refractivity contribution in [2.24, 2.45) is 0 Å². The highest BCUT2D eigenvalue weighted by Gasteiger charge is 1.97. The fourth-order valence-corrected chi connectivity index (χ4v) is 2.21. The average Bonchev–Trinajstić information content (AvgIpc) is 2.66. The van der Waals surface area contributed by atoms with Gasteiger partial charge in [0.15, 0.2) is 0 Å². The molecule has 0 bridgehead atoms. The summed E-state index contributed by atoms with van der Waals surface area (Å²) in [6.45, 7) is 3.78. The summed E-state index contributed by atoms with van der Waals surface area (Å²) in [7, 11) is 0. The third kappa shape index (κ3) is 6.11. The summed E-state index contributed by atoms with van der Waals surface area (Å²) in [6, 6.07) is 16.1. The molecule has 2 rings (SSSR count). The largest absolute Gasteiger partial charge is 0.392 e. The van der Waals surface area contributed by atoms with Crippen LogP contribution >= 0.6 is 0 Å².